The largest absolute Gasteiger partial charge is 0.467 e. The lowest BCUT2D eigenvalue weighted by atomic mass is 10.3. The summed E-state index contributed by atoms with van der Waals surface area (Å²) in [6, 6.07) is 15.8. The van der Waals surface area contributed by atoms with Gasteiger partial charge in [0.1, 0.15) is 5.76 Å². The Labute approximate surface area is 208 Å². The van der Waals surface area contributed by atoms with Gasteiger partial charge in [-0.1, -0.05) is 0 Å². The lowest BCUT2D eigenvalue weighted by Gasteiger charge is -2.11. The molecule has 11 heteroatoms. The number of hydrogen-bond acceptors (Lipinski definition) is 11. The summed E-state index contributed by atoms with van der Waals surface area (Å²) in [4.78, 5) is 22.8. The number of benzene rings is 2. The van der Waals surface area contributed by atoms with Gasteiger partial charge in [0.15, 0.2) is 0 Å². The van der Waals surface area contributed by atoms with Gasteiger partial charge in [0.05, 0.1) is 43.3 Å². The molecule has 0 radical (unpaired) electrons. The summed E-state index contributed by atoms with van der Waals surface area (Å²) in [7, 11) is 0. The van der Waals surface area contributed by atoms with E-state index in [4.69, 9.17) is 4.42 Å². The molecule has 35 heavy (non-hydrogen) atoms. The van der Waals surface area contributed by atoms with Gasteiger partial charge in [0.2, 0.25) is 17.8 Å². The maximum atomic E-state index is 5.42. The second-order valence-electron chi connectivity index (χ2n) is 7.82. The van der Waals surface area contributed by atoms with E-state index in [0.717, 1.165) is 47.6 Å². The van der Waals surface area contributed by atoms with Crippen molar-refractivity contribution in [2.45, 2.75) is 20.4 Å². The second kappa shape index (κ2) is 8.93. The van der Waals surface area contributed by atoms with Crippen molar-refractivity contribution in [2.75, 3.05) is 16.0 Å². The molecule has 0 fully saturated rings. The Bertz CT molecular complexity index is 1540. The van der Waals surface area contributed by atoms with Crippen molar-refractivity contribution in [2.24, 2.45) is 0 Å². The molecule has 3 N–H and O–H groups in total. The van der Waals surface area contributed by atoms with E-state index in [9.17, 15) is 0 Å². The third-order valence-corrected chi connectivity index (χ3v) is 7.01. The third kappa shape index (κ3) is 4.77. The monoisotopic (exact) mass is 500 g/mol. The smallest absolute Gasteiger partial charge is 0.233 e. The van der Waals surface area contributed by atoms with Crippen LogP contribution in [0.15, 0.2) is 59.2 Å². The lowest BCUT2D eigenvalue weighted by molar-refractivity contribution is 0.517. The average Bonchev–Trinajstić information content (AvgIpc) is 3.55. The molecule has 0 aliphatic heterocycles. The molecular weight excluding hydrogens is 480 g/mol. The minimum atomic E-state index is 0.416. The van der Waals surface area contributed by atoms with Crippen LogP contribution in [0.5, 0.6) is 0 Å². The Balaban J connectivity index is 1.31. The molecule has 4 aromatic heterocycles. The highest BCUT2D eigenvalue weighted by Crippen LogP contribution is 2.28. The number of hydrogen-bond donors (Lipinski definition) is 3. The number of anilines is 5. The molecule has 174 valence electrons. The van der Waals surface area contributed by atoms with E-state index in [1.165, 1.54) is 0 Å². The van der Waals surface area contributed by atoms with E-state index in [1.807, 2.05) is 62.4 Å². The summed E-state index contributed by atoms with van der Waals surface area (Å²) in [6.45, 7) is 4.46. The highest BCUT2D eigenvalue weighted by atomic mass is 32.1. The molecule has 0 unspecified atom stereocenters. The Morgan fingerprint density at radius 3 is 1.83 bits per heavy atom. The van der Waals surface area contributed by atoms with Gasteiger partial charge >= 0.3 is 0 Å². The van der Waals surface area contributed by atoms with Gasteiger partial charge in [-0.05, 0) is 62.4 Å². The van der Waals surface area contributed by atoms with Gasteiger partial charge in [-0.25, -0.2) is 9.97 Å². The van der Waals surface area contributed by atoms with Crippen molar-refractivity contribution < 1.29 is 4.42 Å². The maximum Gasteiger partial charge on any atom is 0.233 e. The highest BCUT2D eigenvalue weighted by Gasteiger charge is 2.11. The normalized spacial score (nSPS) is 11.3. The Morgan fingerprint density at radius 1 is 0.714 bits per heavy atom. The van der Waals surface area contributed by atoms with Gasteiger partial charge in [-0.3, -0.25) is 0 Å². The summed E-state index contributed by atoms with van der Waals surface area (Å²) in [5.41, 5.74) is 3.70. The molecular formula is C24H20N8OS2. The number of furan rings is 1. The van der Waals surface area contributed by atoms with Crippen LogP contribution in [0, 0.1) is 13.8 Å². The van der Waals surface area contributed by atoms with E-state index in [1.54, 1.807) is 28.9 Å². The second-order valence-corrected chi connectivity index (χ2v) is 10.3. The molecule has 0 bridgehead atoms. The molecule has 0 aliphatic carbocycles. The molecule has 9 nitrogen and oxygen atoms in total. The zero-order valence-electron chi connectivity index (χ0n) is 18.9. The summed E-state index contributed by atoms with van der Waals surface area (Å²) < 4.78 is 7.62. The van der Waals surface area contributed by atoms with Gasteiger partial charge in [-0.2, -0.15) is 15.0 Å². The number of aromatic nitrogens is 5. The van der Waals surface area contributed by atoms with Crippen molar-refractivity contribution in [3.63, 3.8) is 0 Å². The maximum absolute atomic E-state index is 5.42. The van der Waals surface area contributed by atoms with E-state index < -0.39 is 0 Å². The van der Waals surface area contributed by atoms with E-state index in [0.29, 0.717) is 24.4 Å². The topological polar surface area (TPSA) is 114 Å². The first kappa shape index (κ1) is 21.4. The number of fused-ring (bicyclic) bond motifs is 2. The fraction of sp³-hybridized carbons (Fsp3) is 0.125. The van der Waals surface area contributed by atoms with Gasteiger partial charge in [0, 0.05) is 11.4 Å². The standard InChI is InChI=1S/C24H20N8OS2/c1-13-26-18-7-5-15(10-20(18)34-13)28-23-30-22(25-12-17-4-3-9-33-17)31-24(32-23)29-16-6-8-19-21(11-16)35-14(2)27-19/h3-11H,12H2,1-2H3,(H3,25,28,29,30,31,32). The van der Waals surface area contributed by atoms with Crippen LogP contribution in [0.3, 0.4) is 0 Å². The van der Waals surface area contributed by atoms with Gasteiger partial charge < -0.3 is 20.4 Å². The minimum Gasteiger partial charge on any atom is -0.467 e. The fourth-order valence-electron chi connectivity index (χ4n) is 3.64. The molecule has 0 saturated heterocycles. The first-order valence-corrected chi connectivity index (χ1v) is 12.5. The summed E-state index contributed by atoms with van der Waals surface area (Å²) in [5, 5.41) is 11.9. The summed E-state index contributed by atoms with van der Waals surface area (Å²) >= 11 is 3.30. The van der Waals surface area contributed by atoms with Crippen LogP contribution < -0.4 is 16.0 Å². The number of thiazole rings is 2. The Kier molecular flexibility index (Phi) is 5.47. The molecule has 0 spiro atoms. The number of nitrogens with one attached hydrogen (secondary N) is 3. The average molecular weight is 501 g/mol. The zero-order valence-corrected chi connectivity index (χ0v) is 20.5. The lowest BCUT2D eigenvalue weighted by Crippen LogP contribution is -2.09. The van der Waals surface area contributed by atoms with Crippen molar-refractivity contribution in [3.05, 3.63) is 70.6 Å². The molecule has 6 rings (SSSR count). The summed E-state index contributed by atoms with van der Waals surface area (Å²) in [5.74, 6) is 2.04. The van der Waals surface area contributed by atoms with Crippen molar-refractivity contribution in [1.29, 1.82) is 0 Å². The van der Waals surface area contributed by atoms with Crippen molar-refractivity contribution in [1.82, 2.24) is 24.9 Å². The summed E-state index contributed by atoms with van der Waals surface area (Å²) in [6.07, 6.45) is 1.64. The highest BCUT2D eigenvalue weighted by molar-refractivity contribution is 7.18. The molecule has 4 heterocycles. The molecule has 0 atom stereocenters. The predicted molar refractivity (Wildman–Crippen MR) is 141 cm³/mol. The zero-order chi connectivity index (χ0) is 23.8. The van der Waals surface area contributed by atoms with Crippen LogP contribution in [0.4, 0.5) is 29.2 Å². The van der Waals surface area contributed by atoms with Crippen LogP contribution in [0.1, 0.15) is 15.8 Å². The molecule has 0 saturated carbocycles. The number of rotatable bonds is 7. The molecule has 2 aromatic carbocycles. The molecule has 6 aromatic rings. The van der Waals surface area contributed by atoms with Gasteiger partial charge in [-0.15, -0.1) is 22.7 Å². The van der Waals surface area contributed by atoms with Crippen LogP contribution in [0.25, 0.3) is 20.4 Å². The van der Waals surface area contributed by atoms with E-state index in [2.05, 4.69) is 40.9 Å². The molecule has 0 aliphatic rings. The quantitative estimate of drug-likeness (QED) is 0.229. The SMILES string of the molecule is Cc1nc2ccc(Nc3nc(NCc4ccco4)nc(Nc4ccc5nc(C)sc5c4)n3)cc2s1. The van der Waals surface area contributed by atoms with Crippen LogP contribution in [0.2, 0.25) is 0 Å². The minimum absolute atomic E-state index is 0.416. The predicted octanol–water partition coefficient (Wildman–Crippen LogP) is 6.40. The van der Waals surface area contributed by atoms with E-state index in [-0.39, 0.29) is 0 Å². The van der Waals surface area contributed by atoms with Crippen molar-refractivity contribution >= 4 is 72.3 Å². The number of aryl methyl sites for hydroxylation is 2. The first-order valence-electron chi connectivity index (χ1n) is 10.9. The Hall–Kier alpha value is -4.09. The first-order chi connectivity index (χ1) is 17.1. The Morgan fingerprint density at radius 2 is 1.29 bits per heavy atom. The fourth-order valence-corrected chi connectivity index (χ4v) is 5.37. The van der Waals surface area contributed by atoms with Crippen LogP contribution in [-0.2, 0) is 6.54 Å². The van der Waals surface area contributed by atoms with E-state index >= 15 is 0 Å². The third-order valence-electron chi connectivity index (χ3n) is 5.14. The van der Waals surface area contributed by atoms with Crippen molar-refractivity contribution in [3.8, 4) is 0 Å². The van der Waals surface area contributed by atoms with Crippen LogP contribution >= 0.6 is 22.7 Å². The van der Waals surface area contributed by atoms with Gasteiger partial charge in [0.25, 0.3) is 0 Å². The number of nitrogens with zero attached hydrogens (tertiary/aromatic N) is 5. The van der Waals surface area contributed by atoms with Crippen LogP contribution in [-0.4, -0.2) is 24.9 Å². The molecule has 0 amide bonds.